The summed E-state index contributed by atoms with van der Waals surface area (Å²) >= 11 is 0. The lowest BCUT2D eigenvalue weighted by molar-refractivity contribution is -0.929. The van der Waals surface area contributed by atoms with Crippen LogP contribution in [0.25, 0.3) is 0 Å². The topological polar surface area (TPSA) is 0 Å². The molecule has 0 spiro atoms. The van der Waals surface area contributed by atoms with Crippen LogP contribution in [-0.2, 0) is 0 Å². The molecule has 0 aliphatic heterocycles. The van der Waals surface area contributed by atoms with Crippen LogP contribution in [0.4, 0.5) is 0 Å². The van der Waals surface area contributed by atoms with Gasteiger partial charge in [0.1, 0.15) is 0 Å². The Balaban J connectivity index is -0.000000427. The number of quaternary nitrogens is 1. The zero-order valence-electron chi connectivity index (χ0n) is 14.1. The van der Waals surface area contributed by atoms with E-state index in [0.29, 0.717) is 0 Å². The van der Waals surface area contributed by atoms with Gasteiger partial charge in [0.15, 0.2) is 0 Å². The van der Waals surface area contributed by atoms with Crippen molar-refractivity contribution in [3.63, 3.8) is 0 Å². The average Bonchev–Trinajstić information content (AvgIpc) is 2.37. The predicted molar refractivity (Wildman–Crippen MR) is 79.4 cm³/mol. The molecule has 20 heavy (non-hydrogen) atoms. The molecule has 0 unspecified atom stereocenters. The number of halogens is 3. The lowest BCUT2D eigenvalue weighted by Gasteiger charge is -2.39. The van der Waals surface area contributed by atoms with Crippen LogP contribution in [0.3, 0.4) is 0 Å². The van der Waals surface area contributed by atoms with Gasteiger partial charge >= 0.3 is 0 Å². The fourth-order valence-electron chi connectivity index (χ4n) is 2.64. The molecule has 0 amide bonds. The van der Waals surface area contributed by atoms with Crippen molar-refractivity contribution >= 4 is 0 Å². The molecule has 0 saturated carbocycles. The van der Waals surface area contributed by atoms with E-state index < -0.39 is 0 Å². The molecule has 0 aromatic heterocycles. The van der Waals surface area contributed by atoms with E-state index in [4.69, 9.17) is 0 Å². The lowest BCUT2D eigenvalue weighted by Crippen LogP contribution is -3.00. The second kappa shape index (κ2) is 20.4. The molecule has 0 N–H and O–H groups in total. The molecule has 4 heteroatoms. The zero-order chi connectivity index (χ0) is 13.0. The van der Waals surface area contributed by atoms with Gasteiger partial charge in [-0.25, -0.2) is 0 Å². The lowest BCUT2D eigenvalue weighted by atomic mass is 10.1. The predicted octanol–water partition coefficient (Wildman–Crippen LogP) is -3.98. The second-order valence-corrected chi connectivity index (χ2v) is 5.65. The van der Waals surface area contributed by atoms with Gasteiger partial charge in [-0.05, 0) is 25.7 Å². The quantitative estimate of drug-likeness (QED) is 0.249. The van der Waals surface area contributed by atoms with Crippen molar-refractivity contribution in [1.82, 2.24) is 0 Å². The Morgan fingerprint density at radius 2 is 0.650 bits per heavy atom. The fraction of sp³-hybridized carbons (Fsp3) is 1.00. The van der Waals surface area contributed by atoms with E-state index in [1.54, 1.807) is 0 Å². The highest BCUT2D eigenvalue weighted by Crippen LogP contribution is 2.16. The van der Waals surface area contributed by atoms with Gasteiger partial charge in [-0.2, -0.15) is 0 Å². The van der Waals surface area contributed by atoms with Crippen LogP contribution in [0.5, 0.6) is 0 Å². The molecule has 0 fully saturated rings. The van der Waals surface area contributed by atoms with Gasteiger partial charge in [0, 0.05) is 0 Å². The van der Waals surface area contributed by atoms with Gasteiger partial charge in [-0.1, -0.05) is 53.4 Å². The first-order valence-electron chi connectivity index (χ1n) is 8.09. The maximum absolute atomic E-state index is 2.33. The summed E-state index contributed by atoms with van der Waals surface area (Å²) in [5.41, 5.74) is 0. The van der Waals surface area contributed by atoms with Gasteiger partial charge in [0.2, 0.25) is 0 Å². The Morgan fingerprint density at radius 3 is 0.800 bits per heavy atom. The van der Waals surface area contributed by atoms with Crippen LogP contribution < -0.4 is 50.9 Å². The monoisotopic (exact) mass is 479 g/mol. The molecule has 1 nitrogen and oxygen atoms in total. The number of unbranched alkanes of at least 4 members (excludes halogenated alkanes) is 4. The van der Waals surface area contributed by atoms with Crippen molar-refractivity contribution in [3.8, 4) is 0 Å². The van der Waals surface area contributed by atoms with Crippen LogP contribution in [0.15, 0.2) is 0 Å². The molecule has 0 aromatic carbocycles. The summed E-state index contributed by atoms with van der Waals surface area (Å²) in [4.78, 5) is 0. The van der Waals surface area contributed by atoms with Gasteiger partial charge in [0.05, 0.1) is 26.2 Å². The third kappa shape index (κ3) is 14.3. The molecule has 0 saturated heterocycles. The minimum Gasteiger partial charge on any atom is -1.00 e. The largest absolute Gasteiger partial charge is 1.00 e. The van der Waals surface area contributed by atoms with E-state index in [9.17, 15) is 0 Å². The van der Waals surface area contributed by atoms with Crippen LogP contribution in [0, 0.1) is 0 Å². The van der Waals surface area contributed by atoms with Gasteiger partial charge < -0.3 is 55.4 Å². The Hall–Kier alpha value is 1.40. The van der Waals surface area contributed by atoms with E-state index in [0.717, 1.165) is 0 Å². The Bertz CT molecular complexity index is 128. The summed E-state index contributed by atoms with van der Waals surface area (Å²) in [6.07, 6.45) is 11.1. The van der Waals surface area contributed by atoms with Crippen molar-refractivity contribution in [3.05, 3.63) is 0 Å². The minimum absolute atomic E-state index is 0. The number of hydrogen-bond donors (Lipinski definition) is 0. The standard InChI is InChI=1S/C16H36N.3BrH/c1-5-9-13-17(14-10-6-2,15-11-7-3)16-12-8-4;;;/h5-16H2,1-4H3;3*1H/q+1;;;/p-3. The Morgan fingerprint density at radius 1 is 0.450 bits per heavy atom. The summed E-state index contributed by atoms with van der Waals surface area (Å²) < 4.78 is 1.42. The highest BCUT2D eigenvalue weighted by molar-refractivity contribution is 4.49. The van der Waals surface area contributed by atoms with Gasteiger partial charge in [-0.3, -0.25) is 0 Å². The molecular weight excluding hydrogens is 446 g/mol. The van der Waals surface area contributed by atoms with E-state index in [-0.39, 0.29) is 50.9 Å². The molecule has 0 bridgehead atoms. The molecule has 0 rings (SSSR count). The summed E-state index contributed by atoms with van der Waals surface area (Å²) in [6, 6.07) is 0. The summed E-state index contributed by atoms with van der Waals surface area (Å²) in [5.74, 6) is 0. The van der Waals surface area contributed by atoms with Crippen LogP contribution >= 0.6 is 0 Å². The molecule has 0 radical (unpaired) electrons. The maximum atomic E-state index is 2.33. The van der Waals surface area contributed by atoms with Crippen LogP contribution in [0.2, 0.25) is 0 Å². The first kappa shape index (κ1) is 29.4. The van der Waals surface area contributed by atoms with Gasteiger partial charge in [0.25, 0.3) is 0 Å². The maximum Gasteiger partial charge on any atom is 0.0786 e. The minimum atomic E-state index is 0. The Kier molecular flexibility index (Phi) is 30.0. The Labute approximate surface area is 160 Å². The van der Waals surface area contributed by atoms with E-state index in [2.05, 4.69) is 27.7 Å². The first-order chi connectivity index (χ1) is 8.24. The molecule has 0 aromatic rings. The molecule has 0 aliphatic rings. The SMILES string of the molecule is CCCC[N+](CCCC)(CCCC)CCCC.[Br-].[Br-].[Br-]. The van der Waals surface area contributed by atoms with Crippen molar-refractivity contribution in [2.75, 3.05) is 26.2 Å². The number of nitrogens with zero attached hydrogens (tertiary/aromatic N) is 1. The number of hydrogen-bond acceptors (Lipinski definition) is 0. The third-order valence-electron chi connectivity index (χ3n) is 3.94. The first-order valence-corrected chi connectivity index (χ1v) is 8.09. The third-order valence-corrected chi connectivity index (χ3v) is 3.94. The molecule has 128 valence electrons. The van der Waals surface area contributed by atoms with E-state index in [1.165, 1.54) is 82.0 Å². The highest BCUT2D eigenvalue weighted by Gasteiger charge is 2.24. The fourth-order valence-corrected chi connectivity index (χ4v) is 2.64. The normalized spacial score (nSPS) is 10.2. The van der Waals surface area contributed by atoms with Crippen LogP contribution in [-0.4, -0.2) is 30.7 Å². The molecule has 0 aliphatic carbocycles. The molecule has 0 heterocycles. The summed E-state index contributed by atoms with van der Waals surface area (Å²) in [5, 5.41) is 0. The van der Waals surface area contributed by atoms with Gasteiger partial charge in [-0.15, -0.1) is 0 Å². The number of rotatable bonds is 12. The van der Waals surface area contributed by atoms with E-state index in [1.807, 2.05) is 0 Å². The van der Waals surface area contributed by atoms with Crippen molar-refractivity contribution < 1.29 is 55.4 Å². The summed E-state index contributed by atoms with van der Waals surface area (Å²) in [7, 11) is 0. The molecular formula is C16H36Br3N-2. The second-order valence-electron chi connectivity index (χ2n) is 5.65. The van der Waals surface area contributed by atoms with Crippen molar-refractivity contribution in [2.45, 2.75) is 79.1 Å². The molecule has 0 atom stereocenters. The van der Waals surface area contributed by atoms with E-state index >= 15 is 0 Å². The zero-order valence-corrected chi connectivity index (χ0v) is 18.8. The summed E-state index contributed by atoms with van der Waals surface area (Å²) in [6.45, 7) is 15.0. The van der Waals surface area contributed by atoms with Crippen molar-refractivity contribution in [2.24, 2.45) is 0 Å². The average molecular weight is 482 g/mol. The van der Waals surface area contributed by atoms with Crippen LogP contribution in [0.1, 0.15) is 79.1 Å². The van der Waals surface area contributed by atoms with Crippen molar-refractivity contribution in [1.29, 1.82) is 0 Å². The smallest absolute Gasteiger partial charge is 0.0786 e. The highest BCUT2D eigenvalue weighted by atomic mass is 79.9.